The van der Waals surface area contributed by atoms with E-state index in [0.29, 0.717) is 24.8 Å². The minimum absolute atomic E-state index is 0.0301. The molecule has 14 heavy (non-hydrogen) atoms. The second-order valence-electron chi connectivity index (χ2n) is 3.20. The average molecular weight is 214 g/mol. The molecular formula is C9H12ClN3O. The van der Waals surface area contributed by atoms with Crippen molar-refractivity contribution in [1.29, 1.82) is 0 Å². The Hall–Kier alpha value is -0.680. The number of pyridine rings is 1. The summed E-state index contributed by atoms with van der Waals surface area (Å²) in [5.74, 6) is 5.83. The second kappa shape index (κ2) is 4.23. The van der Waals surface area contributed by atoms with Crippen LogP contribution in [0.25, 0.3) is 0 Å². The molecule has 1 aliphatic rings. The van der Waals surface area contributed by atoms with Crippen LogP contribution in [0, 0.1) is 0 Å². The molecule has 76 valence electrons. The predicted octanol–water partition coefficient (Wildman–Crippen LogP) is 0.982. The number of hydrogen-bond acceptors (Lipinski definition) is 4. The van der Waals surface area contributed by atoms with Gasteiger partial charge in [-0.05, 0) is 12.1 Å². The monoisotopic (exact) mass is 213 g/mol. The van der Waals surface area contributed by atoms with Gasteiger partial charge in [-0.25, -0.2) is 5.01 Å². The van der Waals surface area contributed by atoms with E-state index >= 15 is 0 Å². The maximum absolute atomic E-state index is 6.02. The molecule has 5 heteroatoms. The summed E-state index contributed by atoms with van der Waals surface area (Å²) >= 11 is 6.02. The molecule has 2 heterocycles. The van der Waals surface area contributed by atoms with Gasteiger partial charge in [0.1, 0.15) is 0 Å². The van der Waals surface area contributed by atoms with E-state index in [1.165, 1.54) is 0 Å². The predicted molar refractivity (Wildman–Crippen MR) is 53.7 cm³/mol. The fourth-order valence-corrected chi connectivity index (χ4v) is 1.74. The lowest BCUT2D eigenvalue weighted by atomic mass is 10.1. The third-order valence-electron chi connectivity index (χ3n) is 2.27. The molecule has 4 nitrogen and oxygen atoms in total. The lowest BCUT2D eigenvalue weighted by Crippen LogP contribution is -2.44. The molecule has 0 bridgehead atoms. The summed E-state index contributed by atoms with van der Waals surface area (Å²) in [5, 5.41) is 2.36. The third kappa shape index (κ3) is 1.88. The summed E-state index contributed by atoms with van der Waals surface area (Å²) in [6, 6.07) is 3.58. The summed E-state index contributed by atoms with van der Waals surface area (Å²) in [6.07, 6.45) is 1.71. The third-order valence-corrected chi connectivity index (χ3v) is 2.59. The van der Waals surface area contributed by atoms with E-state index in [-0.39, 0.29) is 6.04 Å². The fourth-order valence-electron chi connectivity index (χ4n) is 1.50. The summed E-state index contributed by atoms with van der Waals surface area (Å²) in [7, 11) is 0. The van der Waals surface area contributed by atoms with Gasteiger partial charge in [0, 0.05) is 12.7 Å². The Labute approximate surface area is 87.6 Å². The van der Waals surface area contributed by atoms with Gasteiger partial charge in [-0.15, -0.1) is 0 Å². The molecule has 0 amide bonds. The molecule has 0 radical (unpaired) electrons. The van der Waals surface area contributed by atoms with Crippen molar-refractivity contribution in [2.45, 2.75) is 6.04 Å². The van der Waals surface area contributed by atoms with Gasteiger partial charge in [0.15, 0.2) is 0 Å². The van der Waals surface area contributed by atoms with Crippen LogP contribution in [0.15, 0.2) is 18.3 Å². The van der Waals surface area contributed by atoms with Crippen molar-refractivity contribution < 1.29 is 4.74 Å². The first-order valence-electron chi connectivity index (χ1n) is 4.48. The average Bonchev–Trinajstić information content (AvgIpc) is 2.20. The molecule has 0 aliphatic carbocycles. The Balaban J connectivity index is 2.25. The number of hydrogen-bond donors (Lipinski definition) is 1. The van der Waals surface area contributed by atoms with Crippen LogP contribution in [0.3, 0.4) is 0 Å². The van der Waals surface area contributed by atoms with Crippen molar-refractivity contribution in [3.8, 4) is 0 Å². The molecule has 2 rings (SSSR count). The Kier molecular flexibility index (Phi) is 2.98. The van der Waals surface area contributed by atoms with E-state index < -0.39 is 0 Å². The Morgan fingerprint density at radius 2 is 2.50 bits per heavy atom. The molecule has 1 atom stereocenters. The van der Waals surface area contributed by atoms with Gasteiger partial charge in [0.05, 0.1) is 30.0 Å². The molecule has 2 N–H and O–H groups in total. The van der Waals surface area contributed by atoms with Gasteiger partial charge >= 0.3 is 0 Å². The Bertz CT molecular complexity index is 321. The molecule has 1 fully saturated rings. The Morgan fingerprint density at radius 3 is 3.21 bits per heavy atom. The largest absolute Gasteiger partial charge is 0.378 e. The van der Waals surface area contributed by atoms with Crippen LogP contribution in [0.5, 0.6) is 0 Å². The molecule has 0 aromatic carbocycles. The highest BCUT2D eigenvalue weighted by atomic mass is 35.5. The van der Waals surface area contributed by atoms with Crippen LogP contribution in [-0.4, -0.2) is 29.8 Å². The number of halogens is 1. The lowest BCUT2D eigenvalue weighted by Gasteiger charge is -2.31. The number of morpholine rings is 1. The van der Waals surface area contributed by atoms with Gasteiger partial charge in [0.25, 0.3) is 0 Å². The smallest absolute Gasteiger partial charge is 0.0911 e. The van der Waals surface area contributed by atoms with Crippen LogP contribution >= 0.6 is 11.6 Å². The van der Waals surface area contributed by atoms with Crippen LogP contribution in [0.2, 0.25) is 5.02 Å². The summed E-state index contributed by atoms with van der Waals surface area (Å²) in [5.41, 5.74) is 0.788. The molecule has 1 unspecified atom stereocenters. The van der Waals surface area contributed by atoms with Crippen LogP contribution in [-0.2, 0) is 4.74 Å². The highest BCUT2D eigenvalue weighted by Crippen LogP contribution is 2.25. The van der Waals surface area contributed by atoms with E-state index in [1.54, 1.807) is 17.3 Å². The van der Waals surface area contributed by atoms with Crippen molar-refractivity contribution in [3.63, 3.8) is 0 Å². The standard InChI is InChI=1S/C9H12ClN3O/c10-7-2-1-3-12-9(7)8-6-14-5-4-13(8)11/h1-3,8H,4-6,11H2. The van der Waals surface area contributed by atoms with Crippen LogP contribution < -0.4 is 5.84 Å². The van der Waals surface area contributed by atoms with Gasteiger partial charge in [-0.3, -0.25) is 10.8 Å². The zero-order chi connectivity index (χ0) is 9.97. The molecule has 1 saturated heterocycles. The van der Waals surface area contributed by atoms with Crippen molar-refractivity contribution in [1.82, 2.24) is 9.99 Å². The number of nitrogens with two attached hydrogens (primary N) is 1. The summed E-state index contributed by atoms with van der Waals surface area (Å²) in [6.45, 7) is 1.92. The number of rotatable bonds is 1. The second-order valence-corrected chi connectivity index (χ2v) is 3.61. The van der Waals surface area contributed by atoms with Gasteiger partial charge in [-0.1, -0.05) is 11.6 Å². The SMILES string of the molecule is NN1CCOCC1c1ncccc1Cl. The van der Waals surface area contributed by atoms with Crippen LogP contribution in [0.4, 0.5) is 0 Å². The first-order chi connectivity index (χ1) is 6.79. The minimum atomic E-state index is -0.0301. The normalized spacial score (nSPS) is 23.7. The van der Waals surface area contributed by atoms with E-state index in [0.717, 1.165) is 5.69 Å². The van der Waals surface area contributed by atoms with Crippen molar-refractivity contribution in [2.24, 2.45) is 5.84 Å². The Morgan fingerprint density at radius 1 is 1.64 bits per heavy atom. The van der Waals surface area contributed by atoms with E-state index in [9.17, 15) is 0 Å². The molecule has 0 saturated carbocycles. The first-order valence-corrected chi connectivity index (χ1v) is 4.86. The van der Waals surface area contributed by atoms with Crippen molar-refractivity contribution >= 4 is 11.6 Å². The zero-order valence-corrected chi connectivity index (χ0v) is 8.44. The highest BCUT2D eigenvalue weighted by molar-refractivity contribution is 6.31. The number of aromatic nitrogens is 1. The maximum Gasteiger partial charge on any atom is 0.0911 e. The zero-order valence-electron chi connectivity index (χ0n) is 7.69. The van der Waals surface area contributed by atoms with Crippen LogP contribution in [0.1, 0.15) is 11.7 Å². The van der Waals surface area contributed by atoms with E-state index in [1.807, 2.05) is 6.07 Å². The number of nitrogens with zero attached hydrogens (tertiary/aromatic N) is 2. The minimum Gasteiger partial charge on any atom is -0.378 e. The fraction of sp³-hybridized carbons (Fsp3) is 0.444. The summed E-state index contributed by atoms with van der Waals surface area (Å²) < 4.78 is 5.34. The van der Waals surface area contributed by atoms with Crippen molar-refractivity contribution in [2.75, 3.05) is 19.8 Å². The number of hydrazine groups is 1. The number of ether oxygens (including phenoxy) is 1. The van der Waals surface area contributed by atoms with Gasteiger partial charge in [-0.2, -0.15) is 0 Å². The van der Waals surface area contributed by atoms with Gasteiger partial charge < -0.3 is 4.74 Å². The molecular weight excluding hydrogens is 202 g/mol. The van der Waals surface area contributed by atoms with Crippen molar-refractivity contribution in [3.05, 3.63) is 29.0 Å². The molecule has 1 aliphatic heterocycles. The quantitative estimate of drug-likeness (QED) is 0.707. The molecule has 1 aromatic heterocycles. The maximum atomic E-state index is 6.02. The van der Waals surface area contributed by atoms with E-state index in [4.69, 9.17) is 22.2 Å². The first kappa shape index (κ1) is 9.86. The molecule has 1 aromatic rings. The summed E-state index contributed by atoms with van der Waals surface area (Å²) in [4.78, 5) is 4.22. The topological polar surface area (TPSA) is 51.4 Å². The molecule has 0 spiro atoms. The van der Waals surface area contributed by atoms with E-state index in [2.05, 4.69) is 4.98 Å². The highest BCUT2D eigenvalue weighted by Gasteiger charge is 2.24. The lowest BCUT2D eigenvalue weighted by molar-refractivity contribution is -0.0105. The van der Waals surface area contributed by atoms with Gasteiger partial charge in [0.2, 0.25) is 0 Å².